The van der Waals surface area contributed by atoms with E-state index in [9.17, 15) is 0 Å². The Hall–Kier alpha value is -1.87. The number of benzene rings is 1. The zero-order valence-electron chi connectivity index (χ0n) is 8.34. The van der Waals surface area contributed by atoms with Gasteiger partial charge in [-0.15, -0.1) is 5.10 Å². The summed E-state index contributed by atoms with van der Waals surface area (Å²) in [4.78, 5) is 0. The maximum absolute atomic E-state index is 6.02. The minimum Gasteiger partial charge on any atom is -0.201 e. The lowest BCUT2D eigenvalue weighted by Crippen LogP contribution is -1.87. The van der Waals surface area contributed by atoms with Crippen molar-refractivity contribution < 1.29 is 0 Å². The van der Waals surface area contributed by atoms with E-state index in [0.717, 1.165) is 16.8 Å². The van der Waals surface area contributed by atoms with E-state index >= 15 is 0 Å². The van der Waals surface area contributed by atoms with Crippen LogP contribution in [0.3, 0.4) is 0 Å². The minimum atomic E-state index is 0.562. The molecule has 0 saturated carbocycles. The normalized spacial score (nSPS) is 10.8. The molecule has 0 unspecified atom stereocenters. The van der Waals surface area contributed by atoms with Gasteiger partial charge in [0.2, 0.25) is 0 Å². The number of hydrogen-bond donors (Lipinski definition) is 0. The van der Waals surface area contributed by atoms with E-state index in [1.807, 2.05) is 42.5 Å². The summed E-state index contributed by atoms with van der Waals surface area (Å²) >= 11 is 6.02. The van der Waals surface area contributed by atoms with Crippen LogP contribution in [0.4, 0.5) is 0 Å². The van der Waals surface area contributed by atoms with Crippen LogP contribution < -0.4 is 0 Å². The van der Waals surface area contributed by atoms with Gasteiger partial charge in [0.05, 0.1) is 5.52 Å². The molecule has 3 aromatic rings. The molecule has 0 fully saturated rings. The molecule has 0 bridgehead atoms. The van der Waals surface area contributed by atoms with Crippen LogP contribution in [0.1, 0.15) is 0 Å². The summed E-state index contributed by atoms with van der Waals surface area (Å²) in [6.07, 6.45) is 0. The lowest BCUT2D eigenvalue weighted by Gasteiger charge is -1.97. The van der Waals surface area contributed by atoms with Crippen molar-refractivity contribution in [2.24, 2.45) is 0 Å². The molecule has 0 saturated heterocycles. The molecule has 3 nitrogen and oxygen atoms in total. The fraction of sp³-hybridized carbons (Fsp3) is 0. The second-order valence-electron chi connectivity index (χ2n) is 3.45. The topological polar surface area (TPSA) is 30.2 Å². The van der Waals surface area contributed by atoms with Gasteiger partial charge in [0.1, 0.15) is 10.8 Å². The summed E-state index contributed by atoms with van der Waals surface area (Å²) < 4.78 is 1.63. The van der Waals surface area contributed by atoms with Gasteiger partial charge in [-0.05, 0) is 12.1 Å². The van der Waals surface area contributed by atoms with Gasteiger partial charge in [-0.1, -0.05) is 53.2 Å². The fourth-order valence-electron chi connectivity index (χ4n) is 1.69. The average Bonchev–Trinajstić information content (AvgIpc) is 2.75. The van der Waals surface area contributed by atoms with E-state index in [0.29, 0.717) is 5.15 Å². The Labute approximate surface area is 97.3 Å². The Morgan fingerprint density at radius 3 is 2.56 bits per heavy atom. The number of fused-ring (bicyclic) bond motifs is 1. The predicted octanol–water partition coefficient (Wildman–Crippen LogP) is 3.05. The van der Waals surface area contributed by atoms with Gasteiger partial charge in [-0.25, -0.2) is 4.52 Å². The van der Waals surface area contributed by atoms with Crippen LogP contribution in [0.25, 0.3) is 16.8 Å². The smallest absolute Gasteiger partial charge is 0.133 e. The molecule has 0 aliphatic carbocycles. The van der Waals surface area contributed by atoms with E-state index < -0.39 is 0 Å². The zero-order chi connectivity index (χ0) is 11.0. The summed E-state index contributed by atoms with van der Waals surface area (Å²) in [6.45, 7) is 0. The molecular formula is C12H8ClN3. The summed E-state index contributed by atoms with van der Waals surface area (Å²) in [5.74, 6) is 0. The van der Waals surface area contributed by atoms with Crippen molar-refractivity contribution in [2.45, 2.75) is 0 Å². The number of aromatic nitrogens is 3. The van der Waals surface area contributed by atoms with Crippen LogP contribution >= 0.6 is 11.6 Å². The Morgan fingerprint density at radius 2 is 1.75 bits per heavy atom. The quantitative estimate of drug-likeness (QED) is 0.601. The van der Waals surface area contributed by atoms with Gasteiger partial charge in [-0.2, -0.15) is 0 Å². The lowest BCUT2D eigenvalue weighted by atomic mass is 10.1. The molecular weight excluding hydrogens is 222 g/mol. The van der Waals surface area contributed by atoms with Crippen LogP contribution in [-0.2, 0) is 0 Å². The first kappa shape index (κ1) is 9.36. The molecule has 0 atom stereocenters. The number of nitrogens with zero attached hydrogens (tertiary/aromatic N) is 3. The highest BCUT2D eigenvalue weighted by molar-refractivity contribution is 6.29. The highest BCUT2D eigenvalue weighted by atomic mass is 35.5. The predicted molar refractivity (Wildman–Crippen MR) is 63.4 cm³/mol. The maximum Gasteiger partial charge on any atom is 0.133 e. The van der Waals surface area contributed by atoms with Crippen molar-refractivity contribution in [3.05, 3.63) is 53.7 Å². The third-order valence-electron chi connectivity index (χ3n) is 2.44. The number of hydrogen-bond acceptors (Lipinski definition) is 2. The molecule has 1 aromatic carbocycles. The number of rotatable bonds is 1. The number of halogens is 1. The lowest BCUT2D eigenvalue weighted by molar-refractivity contribution is 0.857. The second kappa shape index (κ2) is 3.61. The van der Waals surface area contributed by atoms with Gasteiger partial charge in [0.25, 0.3) is 0 Å². The molecule has 2 aromatic heterocycles. The Balaban J connectivity index is 2.30. The van der Waals surface area contributed by atoms with Gasteiger partial charge in [0, 0.05) is 5.56 Å². The molecule has 16 heavy (non-hydrogen) atoms. The maximum atomic E-state index is 6.02. The van der Waals surface area contributed by atoms with Crippen molar-refractivity contribution in [3.8, 4) is 11.3 Å². The molecule has 3 rings (SSSR count). The minimum absolute atomic E-state index is 0.562. The summed E-state index contributed by atoms with van der Waals surface area (Å²) in [6, 6.07) is 15.6. The molecule has 0 radical (unpaired) electrons. The van der Waals surface area contributed by atoms with Crippen molar-refractivity contribution in [2.75, 3.05) is 0 Å². The van der Waals surface area contributed by atoms with E-state index in [1.165, 1.54) is 0 Å². The number of pyridine rings is 1. The first-order valence-corrected chi connectivity index (χ1v) is 5.29. The van der Waals surface area contributed by atoms with Crippen LogP contribution in [0.15, 0.2) is 48.5 Å². The van der Waals surface area contributed by atoms with Crippen LogP contribution in [0.5, 0.6) is 0 Å². The van der Waals surface area contributed by atoms with Gasteiger partial charge in [0.15, 0.2) is 0 Å². The molecule has 0 aliphatic heterocycles. The Kier molecular flexibility index (Phi) is 2.11. The summed E-state index contributed by atoms with van der Waals surface area (Å²) in [5, 5.41) is 8.75. The third kappa shape index (κ3) is 1.37. The van der Waals surface area contributed by atoms with E-state index in [-0.39, 0.29) is 0 Å². The van der Waals surface area contributed by atoms with Crippen molar-refractivity contribution >= 4 is 17.1 Å². The van der Waals surface area contributed by atoms with Crippen LogP contribution in [0.2, 0.25) is 5.15 Å². The highest BCUT2D eigenvalue weighted by Gasteiger charge is 2.08. The Morgan fingerprint density at radius 1 is 0.938 bits per heavy atom. The third-order valence-corrected chi connectivity index (χ3v) is 2.73. The summed E-state index contributed by atoms with van der Waals surface area (Å²) in [5.41, 5.74) is 2.81. The highest BCUT2D eigenvalue weighted by Crippen LogP contribution is 2.23. The molecule has 4 heteroatoms. The summed E-state index contributed by atoms with van der Waals surface area (Å²) in [7, 11) is 0. The van der Waals surface area contributed by atoms with Gasteiger partial charge < -0.3 is 0 Å². The van der Waals surface area contributed by atoms with E-state index in [1.54, 1.807) is 10.6 Å². The molecule has 0 N–H and O–H groups in total. The van der Waals surface area contributed by atoms with Gasteiger partial charge in [-0.3, -0.25) is 0 Å². The largest absolute Gasteiger partial charge is 0.201 e. The molecule has 0 aliphatic rings. The van der Waals surface area contributed by atoms with Crippen molar-refractivity contribution in [1.82, 2.24) is 14.8 Å². The molecule has 78 valence electrons. The second-order valence-corrected chi connectivity index (χ2v) is 3.84. The van der Waals surface area contributed by atoms with Crippen LogP contribution in [0, 0.1) is 0 Å². The van der Waals surface area contributed by atoms with E-state index in [4.69, 9.17) is 11.6 Å². The first-order chi connectivity index (χ1) is 7.86. The monoisotopic (exact) mass is 229 g/mol. The molecule has 0 amide bonds. The van der Waals surface area contributed by atoms with Crippen molar-refractivity contribution in [1.29, 1.82) is 0 Å². The Bertz CT molecular complexity index is 631. The van der Waals surface area contributed by atoms with Crippen LogP contribution in [-0.4, -0.2) is 14.8 Å². The first-order valence-electron chi connectivity index (χ1n) is 4.91. The van der Waals surface area contributed by atoms with Gasteiger partial charge >= 0.3 is 0 Å². The fourth-order valence-corrected chi connectivity index (χ4v) is 1.88. The van der Waals surface area contributed by atoms with E-state index in [2.05, 4.69) is 10.3 Å². The van der Waals surface area contributed by atoms with Crippen molar-refractivity contribution in [3.63, 3.8) is 0 Å². The molecule has 2 heterocycles. The standard InChI is InChI=1S/C12H8ClN3/c13-11-8-4-7-10-12(14-15-16(10)11)9-5-2-1-3-6-9/h1-8H. The SMILES string of the molecule is Clc1cccc2c(-c3ccccc3)nnn12. The molecule has 0 spiro atoms. The zero-order valence-corrected chi connectivity index (χ0v) is 9.09. The average molecular weight is 230 g/mol.